The van der Waals surface area contributed by atoms with Crippen molar-refractivity contribution in [2.45, 2.75) is 39.2 Å². The quantitative estimate of drug-likeness (QED) is 0.718. The van der Waals surface area contributed by atoms with Gasteiger partial charge in [-0.15, -0.1) is 0 Å². The van der Waals surface area contributed by atoms with Crippen molar-refractivity contribution in [1.29, 1.82) is 0 Å². The fourth-order valence-electron chi connectivity index (χ4n) is 1.71. The Bertz CT molecular complexity index is 169. The van der Waals surface area contributed by atoms with Crippen LogP contribution in [0.4, 0.5) is 0 Å². The van der Waals surface area contributed by atoms with E-state index in [1.54, 1.807) is 0 Å². The van der Waals surface area contributed by atoms with Gasteiger partial charge in [-0.3, -0.25) is 0 Å². The molecule has 14 heavy (non-hydrogen) atoms. The van der Waals surface area contributed by atoms with E-state index in [1.165, 1.54) is 0 Å². The summed E-state index contributed by atoms with van der Waals surface area (Å²) in [6.07, 6.45) is 2.18. The largest absolute Gasteiger partial charge is 0.381 e. The van der Waals surface area contributed by atoms with E-state index in [4.69, 9.17) is 10.5 Å². The highest BCUT2D eigenvalue weighted by Gasteiger charge is 2.31. The highest BCUT2D eigenvalue weighted by atomic mass is 16.5. The maximum atomic E-state index is 5.87. The molecule has 84 valence electrons. The molecule has 0 atom stereocenters. The first kappa shape index (κ1) is 12.0. The summed E-state index contributed by atoms with van der Waals surface area (Å²) in [7, 11) is 0. The van der Waals surface area contributed by atoms with Gasteiger partial charge >= 0.3 is 0 Å². The number of nitrogens with one attached hydrogen (secondary N) is 1. The van der Waals surface area contributed by atoms with Crippen molar-refractivity contribution in [3.8, 4) is 0 Å². The summed E-state index contributed by atoms with van der Waals surface area (Å²) in [6.45, 7) is 10.1. The van der Waals surface area contributed by atoms with Gasteiger partial charge in [-0.25, -0.2) is 0 Å². The number of nitrogens with two attached hydrogens (primary N) is 1. The van der Waals surface area contributed by atoms with E-state index in [0.717, 1.165) is 39.1 Å². The second-order valence-corrected chi connectivity index (χ2v) is 5.42. The molecular formula is C11H24N2O. The molecule has 1 aliphatic rings. The molecule has 0 aromatic heterocycles. The van der Waals surface area contributed by atoms with Crippen LogP contribution in [0.3, 0.4) is 0 Å². The van der Waals surface area contributed by atoms with Gasteiger partial charge in [-0.1, -0.05) is 0 Å². The molecular weight excluding hydrogens is 176 g/mol. The van der Waals surface area contributed by atoms with Crippen LogP contribution in [0, 0.1) is 5.41 Å². The summed E-state index contributed by atoms with van der Waals surface area (Å²) >= 11 is 0. The Balaban J connectivity index is 2.44. The average molecular weight is 200 g/mol. The molecule has 3 nitrogen and oxygen atoms in total. The van der Waals surface area contributed by atoms with Gasteiger partial charge in [0.1, 0.15) is 0 Å². The van der Waals surface area contributed by atoms with E-state index in [2.05, 4.69) is 26.1 Å². The van der Waals surface area contributed by atoms with Gasteiger partial charge in [0.05, 0.1) is 0 Å². The van der Waals surface area contributed by atoms with E-state index in [-0.39, 0.29) is 11.0 Å². The number of rotatable bonds is 3. The zero-order valence-corrected chi connectivity index (χ0v) is 9.73. The minimum atomic E-state index is 0.181. The Hall–Kier alpha value is -0.120. The van der Waals surface area contributed by atoms with Crippen molar-refractivity contribution in [2.75, 3.05) is 26.3 Å². The summed E-state index contributed by atoms with van der Waals surface area (Å²) in [5, 5.41) is 3.55. The zero-order valence-electron chi connectivity index (χ0n) is 9.73. The molecule has 0 amide bonds. The minimum Gasteiger partial charge on any atom is -0.381 e. The second-order valence-electron chi connectivity index (χ2n) is 5.42. The standard InChI is InChI=1S/C11H24N2O/c1-10(2,3)13-9-11(8-12)4-6-14-7-5-11/h13H,4-9,12H2,1-3H3. The van der Waals surface area contributed by atoms with Crippen LogP contribution in [-0.4, -0.2) is 31.8 Å². The Morgan fingerprint density at radius 3 is 2.29 bits per heavy atom. The maximum Gasteiger partial charge on any atom is 0.0472 e. The molecule has 0 unspecified atom stereocenters. The summed E-state index contributed by atoms with van der Waals surface area (Å²) in [5.41, 5.74) is 6.32. The summed E-state index contributed by atoms with van der Waals surface area (Å²) in [5.74, 6) is 0. The molecule has 0 saturated carbocycles. The predicted molar refractivity (Wildman–Crippen MR) is 59.3 cm³/mol. The fourth-order valence-corrected chi connectivity index (χ4v) is 1.71. The van der Waals surface area contributed by atoms with Crippen LogP contribution in [0.15, 0.2) is 0 Å². The zero-order chi connectivity index (χ0) is 10.7. The van der Waals surface area contributed by atoms with Gasteiger partial charge < -0.3 is 15.8 Å². The van der Waals surface area contributed by atoms with Crippen LogP contribution in [0.5, 0.6) is 0 Å². The van der Waals surface area contributed by atoms with Crippen molar-refractivity contribution in [1.82, 2.24) is 5.32 Å². The van der Waals surface area contributed by atoms with Crippen molar-refractivity contribution >= 4 is 0 Å². The lowest BCUT2D eigenvalue weighted by atomic mass is 9.79. The Morgan fingerprint density at radius 2 is 1.86 bits per heavy atom. The average Bonchev–Trinajstić information content (AvgIpc) is 2.15. The Kier molecular flexibility index (Phi) is 3.93. The first-order valence-electron chi connectivity index (χ1n) is 5.50. The van der Waals surface area contributed by atoms with Crippen LogP contribution in [0.1, 0.15) is 33.6 Å². The van der Waals surface area contributed by atoms with E-state index in [0.29, 0.717) is 0 Å². The smallest absolute Gasteiger partial charge is 0.0472 e. The lowest BCUT2D eigenvalue weighted by Crippen LogP contribution is -2.49. The summed E-state index contributed by atoms with van der Waals surface area (Å²) in [4.78, 5) is 0. The Labute approximate surface area is 87.4 Å². The first-order chi connectivity index (χ1) is 6.47. The van der Waals surface area contributed by atoms with Gasteiger partial charge in [0.25, 0.3) is 0 Å². The predicted octanol–water partition coefficient (Wildman–Crippen LogP) is 1.13. The summed E-state index contributed by atoms with van der Waals surface area (Å²) < 4.78 is 5.38. The van der Waals surface area contributed by atoms with E-state index in [1.807, 2.05) is 0 Å². The van der Waals surface area contributed by atoms with Gasteiger partial charge in [0.15, 0.2) is 0 Å². The molecule has 1 rings (SSSR count). The van der Waals surface area contributed by atoms with Crippen LogP contribution >= 0.6 is 0 Å². The molecule has 3 N–H and O–H groups in total. The molecule has 0 aliphatic carbocycles. The first-order valence-corrected chi connectivity index (χ1v) is 5.50. The van der Waals surface area contributed by atoms with Crippen molar-refractivity contribution in [2.24, 2.45) is 11.1 Å². The highest BCUT2D eigenvalue weighted by Crippen LogP contribution is 2.28. The highest BCUT2D eigenvalue weighted by molar-refractivity contribution is 4.87. The molecule has 3 heteroatoms. The normalized spacial score (nSPS) is 22.3. The lowest BCUT2D eigenvalue weighted by Gasteiger charge is -2.38. The summed E-state index contributed by atoms with van der Waals surface area (Å²) in [6, 6.07) is 0. The SMILES string of the molecule is CC(C)(C)NCC1(CN)CCOCC1. The van der Waals surface area contributed by atoms with Crippen molar-refractivity contribution in [3.63, 3.8) is 0 Å². The van der Waals surface area contributed by atoms with Crippen molar-refractivity contribution < 1.29 is 4.74 Å². The van der Waals surface area contributed by atoms with E-state index < -0.39 is 0 Å². The molecule has 1 saturated heterocycles. The second kappa shape index (κ2) is 4.60. The third-order valence-corrected chi connectivity index (χ3v) is 2.98. The molecule has 0 spiro atoms. The van der Waals surface area contributed by atoms with Crippen LogP contribution in [0.2, 0.25) is 0 Å². The monoisotopic (exact) mass is 200 g/mol. The van der Waals surface area contributed by atoms with Crippen LogP contribution in [0.25, 0.3) is 0 Å². The third-order valence-electron chi connectivity index (χ3n) is 2.98. The van der Waals surface area contributed by atoms with Gasteiger partial charge in [-0.05, 0) is 45.6 Å². The lowest BCUT2D eigenvalue weighted by molar-refractivity contribution is 0.0165. The van der Waals surface area contributed by atoms with E-state index >= 15 is 0 Å². The molecule has 0 aromatic rings. The minimum absolute atomic E-state index is 0.181. The molecule has 0 radical (unpaired) electrons. The van der Waals surface area contributed by atoms with Gasteiger partial charge in [-0.2, -0.15) is 0 Å². The molecule has 1 heterocycles. The topological polar surface area (TPSA) is 47.3 Å². The Morgan fingerprint density at radius 1 is 1.29 bits per heavy atom. The maximum absolute atomic E-state index is 5.87. The molecule has 1 aliphatic heterocycles. The number of ether oxygens (including phenoxy) is 1. The van der Waals surface area contributed by atoms with Crippen molar-refractivity contribution in [3.05, 3.63) is 0 Å². The number of hydrogen-bond acceptors (Lipinski definition) is 3. The van der Waals surface area contributed by atoms with Gasteiger partial charge in [0, 0.05) is 25.3 Å². The molecule has 0 aromatic carbocycles. The van der Waals surface area contributed by atoms with Crippen LogP contribution < -0.4 is 11.1 Å². The third kappa shape index (κ3) is 3.56. The van der Waals surface area contributed by atoms with Gasteiger partial charge in [0.2, 0.25) is 0 Å². The van der Waals surface area contributed by atoms with E-state index in [9.17, 15) is 0 Å². The molecule has 1 fully saturated rings. The molecule has 0 bridgehead atoms. The fraction of sp³-hybridized carbons (Fsp3) is 1.00. The number of hydrogen-bond donors (Lipinski definition) is 2. The van der Waals surface area contributed by atoms with Crippen LogP contribution in [-0.2, 0) is 4.74 Å².